The van der Waals surface area contributed by atoms with Crippen molar-refractivity contribution in [3.63, 3.8) is 0 Å². The van der Waals surface area contributed by atoms with Crippen LogP contribution in [0.15, 0.2) is 65.8 Å². The Labute approximate surface area is 263 Å². The van der Waals surface area contributed by atoms with Crippen molar-refractivity contribution in [2.24, 2.45) is 0 Å². The van der Waals surface area contributed by atoms with E-state index in [0.717, 1.165) is 13.0 Å². The summed E-state index contributed by atoms with van der Waals surface area (Å²) in [5, 5.41) is 9.00. The van der Waals surface area contributed by atoms with E-state index in [1.165, 1.54) is 36.5 Å². The first kappa shape index (κ1) is 33.6. The van der Waals surface area contributed by atoms with Crippen molar-refractivity contribution in [3.8, 4) is 22.5 Å². The van der Waals surface area contributed by atoms with Gasteiger partial charge in [-0.25, -0.2) is 23.1 Å². The van der Waals surface area contributed by atoms with Crippen LogP contribution in [0.5, 0.6) is 0 Å². The number of halogens is 3. The molecule has 3 heterocycles. The van der Waals surface area contributed by atoms with E-state index in [-0.39, 0.29) is 46.3 Å². The summed E-state index contributed by atoms with van der Waals surface area (Å²) >= 11 is 0. The molecule has 0 aliphatic rings. The lowest BCUT2D eigenvalue weighted by molar-refractivity contribution is -0.111. The molecule has 0 spiro atoms. The van der Waals surface area contributed by atoms with Gasteiger partial charge in [0.15, 0.2) is 11.5 Å². The molecule has 0 bridgehead atoms. The molecule has 3 aromatic heterocycles. The molecule has 0 aliphatic heterocycles. The Balaban J connectivity index is 0.00000235. The lowest BCUT2D eigenvalue weighted by atomic mass is 9.96. The average molecular weight is 634 g/mol. The summed E-state index contributed by atoms with van der Waals surface area (Å²) in [6.07, 6.45) is 2.55. The van der Waals surface area contributed by atoms with Gasteiger partial charge in [-0.1, -0.05) is 64.6 Å². The SMILES string of the molecule is C=CC(=O)Nc1ccc(C(C)(F)F)cc1-c1nc2nccc(-c3ccc(CNC(=O)c4nc(C(C)(C)C)no4)c(F)c3)c2[nH]1.CC. The highest BCUT2D eigenvalue weighted by atomic mass is 19.3. The first-order valence-electron chi connectivity index (χ1n) is 14.5. The number of pyridine rings is 1. The molecule has 2 amide bonds. The van der Waals surface area contributed by atoms with Gasteiger partial charge in [-0.2, -0.15) is 4.98 Å². The molecule has 13 heteroatoms. The maximum absolute atomic E-state index is 15.2. The Kier molecular flexibility index (Phi) is 9.74. The Morgan fingerprint density at radius 2 is 1.76 bits per heavy atom. The van der Waals surface area contributed by atoms with Gasteiger partial charge in [0.25, 0.3) is 5.92 Å². The van der Waals surface area contributed by atoms with Crippen molar-refractivity contribution >= 4 is 28.7 Å². The van der Waals surface area contributed by atoms with Gasteiger partial charge in [0.1, 0.15) is 11.6 Å². The number of fused-ring (bicyclic) bond motifs is 1. The summed E-state index contributed by atoms with van der Waals surface area (Å²) in [6.45, 7) is 13.7. The van der Waals surface area contributed by atoms with E-state index in [2.05, 4.69) is 42.3 Å². The molecule has 2 aromatic carbocycles. The molecule has 5 rings (SSSR count). The third-order valence-corrected chi connectivity index (χ3v) is 6.71. The van der Waals surface area contributed by atoms with Crippen LogP contribution in [-0.4, -0.2) is 36.9 Å². The van der Waals surface area contributed by atoms with Gasteiger partial charge >= 0.3 is 11.8 Å². The molecule has 5 aromatic rings. The second-order valence-corrected chi connectivity index (χ2v) is 11.1. The first-order chi connectivity index (χ1) is 21.7. The van der Waals surface area contributed by atoms with E-state index in [9.17, 15) is 18.4 Å². The van der Waals surface area contributed by atoms with E-state index in [0.29, 0.717) is 22.5 Å². The van der Waals surface area contributed by atoms with Gasteiger partial charge in [-0.15, -0.1) is 0 Å². The molecule has 0 radical (unpaired) electrons. The third-order valence-electron chi connectivity index (χ3n) is 6.71. The van der Waals surface area contributed by atoms with Gasteiger partial charge in [0.05, 0.1) is 11.2 Å². The monoisotopic (exact) mass is 633 g/mol. The number of benzene rings is 2. The van der Waals surface area contributed by atoms with Gasteiger partial charge in [0.2, 0.25) is 5.91 Å². The lowest BCUT2D eigenvalue weighted by Gasteiger charge is -2.14. The number of imidazole rings is 1. The smallest absolute Gasteiger partial charge is 0.315 e. The van der Waals surface area contributed by atoms with Crippen molar-refractivity contribution in [2.75, 3.05) is 5.32 Å². The van der Waals surface area contributed by atoms with Crippen LogP contribution >= 0.6 is 0 Å². The fourth-order valence-corrected chi connectivity index (χ4v) is 4.31. The molecule has 0 fully saturated rings. The summed E-state index contributed by atoms with van der Waals surface area (Å²) in [5.41, 5.74) is 1.65. The summed E-state index contributed by atoms with van der Waals surface area (Å²) in [6, 6.07) is 9.95. The normalized spacial score (nSPS) is 11.5. The van der Waals surface area contributed by atoms with Crippen LogP contribution in [0.3, 0.4) is 0 Å². The van der Waals surface area contributed by atoms with E-state index >= 15 is 4.39 Å². The maximum Gasteiger partial charge on any atom is 0.315 e. The number of anilines is 1. The molecule has 10 nitrogen and oxygen atoms in total. The number of hydrogen-bond donors (Lipinski definition) is 3. The number of H-pyrrole nitrogens is 1. The zero-order chi connectivity index (χ0) is 33.8. The minimum absolute atomic E-state index is 0.129. The lowest BCUT2D eigenvalue weighted by Crippen LogP contribution is -2.24. The van der Waals surface area contributed by atoms with Crippen molar-refractivity contribution in [3.05, 3.63) is 90.0 Å². The second-order valence-electron chi connectivity index (χ2n) is 11.1. The average Bonchev–Trinajstić information content (AvgIpc) is 3.69. The Morgan fingerprint density at radius 1 is 1.02 bits per heavy atom. The summed E-state index contributed by atoms with van der Waals surface area (Å²) in [4.78, 5) is 40.4. The zero-order valence-corrected chi connectivity index (χ0v) is 26.3. The number of rotatable bonds is 8. The molecule has 0 saturated carbocycles. The highest BCUT2D eigenvalue weighted by Gasteiger charge is 2.27. The van der Waals surface area contributed by atoms with Crippen molar-refractivity contribution in [2.45, 2.75) is 59.4 Å². The van der Waals surface area contributed by atoms with Crippen LogP contribution in [0.4, 0.5) is 18.9 Å². The van der Waals surface area contributed by atoms with Gasteiger partial charge in [0, 0.05) is 47.3 Å². The molecule has 0 saturated heterocycles. The number of carbonyl (C=O) groups is 2. The number of amides is 2. The fraction of sp³-hybridized carbons (Fsp3) is 0.273. The molecule has 0 atom stereocenters. The quantitative estimate of drug-likeness (QED) is 0.152. The van der Waals surface area contributed by atoms with Crippen LogP contribution < -0.4 is 10.6 Å². The molecule has 0 unspecified atom stereocenters. The minimum atomic E-state index is -3.15. The number of nitrogens with one attached hydrogen (secondary N) is 3. The summed E-state index contributed by atoms with van der Waals surface area (Å²) in [5.74, 6) is -4.58. The first-order valence-corrected chi connectivity index (χ1v) is 14.5. The van der Waals surface area contributed by atoms with Crippen molar-refractivity contribution in [1.82, 2.24) is 30.4 Å². The molecular formula is C33H34F3N7O3. The molecule has 46 heavy (non-hydrogen) atoms. The highest BCUT2D eigenvalue weighted by molar-refractivity contribution is 6.02. The number of alkyl halides is 2. The number of aromatic nitrogens is 5. The molecule has 240 valence electrons. The fourth-order valence-electron chi connectivity index (χ4n) is 4.31. The van der Waals surface area contributed by atoms with Gasteiger partial charge < -0.3 is 20.1 Å². The summed E-state index contributed by atoms with van der Waals surface area (Å²) < 4.78 is 48.6. The molecule has 0 aliphatic carbocycles. The second kappa shape index (κ2) is 13.3. The minimum Gasteiger partial charge on any atom is -0.344 e. The van der Waals surface area contributed by atoms with E-state index in [1.807, 2.05) is 34.6 Å². The van der Waals surface area contributed by atoms with E-state index < -0.39 is 29.0 Å². The van der Waals surface area contributed by atoms with Crippen molar-refractivity contribution < 1.29 is 27.3 Å². The Morgan fingerprint density at radius 3 is 2.39 bits per heavy atom. The molecular weight excluding hydrogens is 599 g/mol. The predicted molar refractivity (Wildman–Crippen MR) is 169 cm³/mol. The van der Waals surface area contributed by atoms with Crippen LogP contribution in [0.1, 0.15) is 69.2 Å². The maximum atomic E-state index is 15.2. The number of hydrogen-bond acceptors (Lipinski definition) is 7. The van der Waals surface area contributed by atoms with Crippen LogP contribution in [0, 0.1) is 5.82 Å². The molecule has 3 N–H and O–H groups in total. The summed E-state index contributed by atoms with van der Waals surface area (Å²) in [7, 11) is 0. The van der Waals surface area contributed by atoms with Crippen LogP contribution in [0.2, 0.25) is 0 Å². The third kappa shape index (κ3) is 7.31. The topological polar surface area (TPSA) is 139 Å². The predicted octanol–water partition coefficient (Wildman–Crippen LogP) is 7.30. The van der Waals surface area contributed by atoms with E-state index in [4.69, 9.17) is 4.52 Å². The van der Waals surface area contributed by atoms with Gasteiger partial charge in [-0.3, -0.25) is 9.59 Å². The van der Waals surface area contributed by atoms with Gasteiger partial charge in [-0.05, 0) is 35.9 Å². The standard InChI is InChI=1S/C31H28F3N7O3.C2H6/c1-6-23(42)37-22-10-9-18(31(5,33)34)14-20(22)25-38-24-19(11-12-35-26(24)39-25)16-7-8-17(21(32)13-16)15-36-27(43)28-40-29(41-44-28)30(2,3)4;1-2/h6-14H,1,15H2,2-5H3,(H,36,43)(H,37,42)(H,35,38,39);1-2H3. The number of nitrogens with zero attached hydrogens (tertiary/aromatic N) is 4. The largest absolute Gasteiger partial charge is 0.344 e. The Bertz CT molecular complexity index is 1900. The highest BCUT2D eigenvalue weighted by Crippen LogP contribution is 2.36. The van der Waals surface area contributed by atoms with Crippen LogP contribution in [0.25, 0.3) is 33.7 Å². The van der Waals surface area contributed by atoms with Crippen molar-refractivity contribution in [1.29, 1.82) is 0 Å². The zero-order valence-electron chi connectivity index (χ0n) is 26.3. The Hall–Kier alpha value is -5.33. The van der Waals surface area contributed by atoms with E-state index in [1.54, 1.807) is 12.1 Å². The number of aromatic amines is 1. The number of carbonyl (C=O) groups excluding carboxylic acids is 2. The van der Waals surface area contributed by atoms with Crippen LogP contribution in [-0.2, 0) is 22.7 Å².